The molecule has 0 saturated heterocycles. The van der Waals surface area contributed by atoms with E-state index in [0.29, 0.717) is 17.1 Å². The molecule has 0 amide bonds. The van der Waals surface area contributed by atoms with Gasteiger partial charge >= 0.3 is 0 Å². The maximum Gasteiger partial charge on any atom is 0.213 e. The molecule has 2 aromatic carbocycles. The van der Waals surface area contributed by atoms with Crippen molar-refractivity contribution in [3.63, 3.8) is 0 Å². The van der Waals surface area contributed by atoms with Crippen molar-refractivity contribution in [1.29, 1.82) is 0 Å². The average molecular weight is 420 g/mol. The summed E-state index contributed by atoms with van der Waals surface area (Å²) in [5, 5.41) is 12.3. The molecular weight excluding hydrogens is 394 g/mol. The van der Waals surface area contributed by atoms with E-state index >= 15 is 0 Å². The molecule has 5 rings (SSSR count). The van der Waals surface area contributed by atoms with Gasteiger partial charge in [0.2, 0.25) is 5.88 Å². The maximum atomic E-state index is 11.1. The molecule has 154 valence electrons. The number of hydrogen-bond donors (Lipinski definition) is 2. The lowest BCUT2D eigenvalue weighted by Gasteiger charge is -2.26. The molecule has 0 saturated carbocycles. The summed E-state index contributed by atoms with van der Waals surface area (Å²) in [6.07, 6.45) is 2.68. The lowest BCUT2D eigenvalue weighted by atomic mass is 9.93. The number of nitrogens with zero attached hydrogens (tertiary/aromatic N) is 2. The predicted octanol–water partition coefficient (Wildman–Crippen LogP) is 5.56. The molecule has 1 atom stereocenters. The minimum absolute atomic E-state index is 0.122. The van der Waals surface area contributed by atoms with Crippen molar-refractivity contribution in [3.05, 3.63) is 75.8 Å². The van der Waals surface area contributed by atoms with Crippen LogP contribution in [0.1, 0.15) is 48.3 Å². The summed E-state index contributed by atoms with van der Waals surface area (Å²) < 4.78 is 10.0. The van der Waals surface area contributed by atoms with Crippen molar-refractivity contribution in [2.45, 2.75) is 38.8 Å². The second kappa shape index (κ2) is 7.36. The number of para-hydroxylation sites is 1. The highest BCUT2D eigenvalue weighted by molar-refractivity contribution is 7.71. The van der Waals surface area contributed by atoms with Crippen molar-refractivity contribution in [1.82, 2.24) is 14.1 Å². The van der Waals surface area contributed by atoms with E-state index in [4.69, 9.17) is 17.0 Å². The number of aromatic nitrogens is 3. The Morgan fingerprint density at radius 3 is 2.67 bits per heavy atom. The summed E-state index contributed by atoms with van der Waals surface area (Å²) in [6.45, 7) is 2.87. The number of ether oxygens (including phenoxy) is 1. The molecule has 0 bridgehead atoms. The Balaban J connectivity index is 1.77. The number of aromatic hydroxyl groups is 1. The predicted molar refractivity (Wildman–Crippen MR) is 121 cm³/mol. The molecule has 0 radical (unpaired) electrons. The molecule has 6 heteroatoms. The molecule has 0 unspecified atom stereocenters. The molecule has 2 aromatic heterocycles. The zero-order chi connectivity index (χ0) is 20.8. The summed E-state index contributed by atoms with van der Waals surface area (Å²) in [4.78, 5) is 3.64. The highest BCUT2D eigenvalue weighted by Gasteiger charge is 2.34. The van der Waals surface area contributed by atoms with E-state index < -0.39 is 0 Å². The van der Waals surface area contributed by atoms with E-state index in [1.54, 1.807) is 7.11 Å². The molecule has 5 nitrogen and oxygen atoms in total. The Morgan fingerprint density at radius 1 is 1.17 bits per heavy atom. The first-order valence-electron chi connectivity index (χ1n) is 10.4. The summed E-state index contributed by atoms with van der Waals surface area (Å²) in [5.74, 6) is 1.11. The Morgan fingerprint density at radius 2 is 1.93 bits per heavy atom. The van der Waals surface area contributed by atoms with E-state index in [1.165, 1.54) is 10.9 Å². The van der Waals surface area contributed by atoms with Crippen LogP contribution in [0.15, 0.2) is 48.5 Å². The van der Waals surface area contributed by atoms with E-state index in [0.717, 1.165) is 47.6 Å². The van der Waals surface area contributed by atoms with Gasteiger partial charge in [-0.25, -0.2) is 0 Å². The average Bonchev–Trinajstić information content (AvgIpc) is 3.26. The van der Waals surface area contributed by atoms with Crippen LogP contribution >= 0.6 is 12.2 Å². The molecule has 1 aliphatic rings. The van der Waals surface area contributed by atoms with Gasteiger partial charge in [-0.05, 0) is 48.0 Å². The zero-order valence-electron chi connectivity index (χ0n) is 17.2. The van der Waals surface area contributed by atoms with Crippen LogP contribution in [-0.4, -0.2) is 26.3 Å². The van der Waals surface area contributed by atoms with Crippen molar-refractivity contribution >= 4 is 23.1 Å². The lowest BCUT2D eigenvalue weighted by molar-refractivity contribution is 0.406. The molecule has 0 fully saturated rings. The number of rotatable bonds is 5. The van der Waals surface area contributed by atoms with E-state index in [2.05, 4.69) is 46.8 Å². The minimum Gasteiger partial charge on any atom is -0.497 e. The SMILES string of the molecule is CCCCn1c(O)c2n(c1=S)[C@@H](c1ccc(OC)cc1)c1[nH]c3ccccc3c1C2. The molecule has 0 aliphatic carbocycles. The van der Waals surface area contributed by atoms with Crippen LogP contribution in [0.2, 0.25) is 0 Å². The van der Waals surface area contributed by atoms with Crippen LogP contribution in [-0.2, 0) is 13.0 Å². The number of nitrogens with one attached hydrogen (secondary N) is 1. The zero-order valence-corrected chi connectivity index (χ0v) is 18.0. The highest BCUT2D eigenvalue weighted by atomic mass is 32.1. The van der Waals surface area contributed by atoms with Crippen LogP contribution in [0, 0.1) is 4.77 Å². The van der Waals surface area contributed by atoms with Gasteiger partial charge in [0.25, 0.3) is 0 Å². The molecule has 30 heavy (non-hydrogen) atoms. The number of benzene rings is 2. The monoisotopic (exact) mass is 419 g/mol. The van der Waals surface area contributed by atoms with Crippen molar-refractivity contribution in [3.8, 4) is 11.6 Å². The largest absolute Gasteiger partial charge is 0.497 e. The first-order chi connectivity index (χ1) is 14.6. The van der Waals surface area contributed by atoms with Gasteiger partial charge < -0.3 is 19.4 Å². The third-order valence-electron chi connectivity index (χ3n) is 6.13. The fourth-order valence-electron chi connectivity index (χ4n) is 4.59. The molecule has 4 aromatic rings. The van der Waals surface area contributed by atoms with Crippen molar-refractivity contribution < 1.29 is 9.84 Å². The summed E-state index contributed by atoms with van der Waals surface area (Å²) >= 11 is 5.88. The van der Waals surface area contributed by atoms with Gasteiger partial charge in [0, 0.05) is 29.6 Å². The normalized spacial score (nSPS) is 15.2. The standard InChI is InChI=1S/C24H25N3O2S/c1-3-4-13-26-23(28)20-14-18-17-7-5-6-8-19(17)25-21(18)22(27(20)24(26)30)15-9-11-16(29-2)12-10-15/h5-12,22,25,28H,3-4,13-14H2,1-2H3/t22-/m0/s1. The number of unbranched alkanes of at least 4 members (excludes halogenated alkanes) is 1. The number of fused-ring (bicyclic) bond motifs is 4. The fourth-order valence-corrected chi connectivity index (χ4v) is 4.98. The second-order valence-electron chi connectivity index (χ2n) is 7.84. The maximum absolute atomic E-state index is 11.1. The van der Waals surface area contributed by atoms with E-state index in [-0.39, 0.29) is 6.04 Å². The van der Waals surface area contributed by atoms with Gasteiger partial charge in [-0.1, -0.05) is 43.7 Å². The third kappa shape index (κ3) is 2.78. The van der Waals surface area contributed by atoms with E-state index in [9.17, 15) is 5.11 Å². The number of methoxy groups -OCH3 is 1. The number of H-pyrrole nitrogens is 1. The van der Waals surface area contributed by atoms with Crippen LogP contribution in [0.5, 0.6) is 11.6 Å². The van der Waals surface area contributed by atoms with Crippen molar-refractivity contribution in [2.24, 2.45) is 0 Å². The van der Waals surface area contributed by atoms with Gasteiger partial charge in [-0.2, -0.15) is 0 Å². The van der Waals surface area contributed by atoms with Crippen LogP contribution < -0.4 is 4.74 Å². The molecular formula is C24H25N3O2S. The fraction of sp³-hybridized carbons (Fsp3) is 0.292. The highest BCUT2D eigenvalue weighted by Crippen LogP contribution is 2.42. The Kier molecular flexibility index (Phi) is 4.66. The summed E-state index contributed by atoms with van der Waals surface area (Å²) in [7, 11) is 1.67. The van der Waals surface area contributed by atoms with Crippen LogP contribution in [0.3, 0.4) is 0 Å². The minimum atomic E-state index is -0.122. The smallest absolute Gasteiger partial charge is 0.213 e. The first kappa shape index (κ1) is 19.0. The van der Waals surface area contributed by atoms with Gasteiger partial charge in [0.1, 0.15) is 11.8 Å². The Labute approximate surface area is 180 Å². The lowest BCUT2D eigenvalue weighted by Crippen LogP contribution is -2.21. The molecule has 1 aliphatic heterocycles. The number of hydrogen-bond acceptors (Lipinski definition) is 3. The van der Waals surface area contributed by atoms with Crippen LogP contribution in [0.25, 0.3) is 10.9 Å². The molecule has 3 heterocycles. The van der Waals surface area contributed by atoms with Crippen molar-refractivity contribution in [2.75, 3.05) is 7.11 Å². The Hall–Kier alpha value is -2.99. The first-order valence-corrected chi connectivity index (χ1v) is 10.8. The quantitative estimate of drug-likeness (QED) is 0.367. The summed E-state index contributed by atoms with van der Waals surface area (Å²) in [6, 6.07) is 16.3. The van der Waals surface area contributed by atoms with Gasteiger partial charge in [-0.3, -0.25) is 4.57 Å². The second-order valence-corrected chi connectivity index (χ2v) is 8.21. The third-order valence-corrected chi connectivity index (χ3v) is 6.55. The van der Waals surface area contributed by atoms with Crippen LogP contribution in [0.4, 0.5) is 0 Å². The number of imidazole rings is 1. The van der Waals surface area contributed by atoms with Gasteiger partial charge in [0.05, 0.1) is 12.8 Å². The molecule has 2 N–H and O–H groups in total. The van der Waals surface area contributed by atoms with E-state index in [1.807, 2.05) is 22.8 Å². The number of aromatic amines is 1. The van der Waals surface area contributed by atoms with Gasteiger partial charge in [-0.15, -0.1) is 0 Å². The Bertz CT molecular complexity index is 1280. The summed E-state index contributed by atoms with van der Waals surface area (Å²) in [5.41, 5.74) is 5.46. The van der Waals surface area contributed by atoms with Gasteiger partial charge in [0.15, 0.2) is 4.77 Å². The topological polar surface area (TPSA) is 55.1 Å². The molecule has 0 spiro atoms.